The Balaban J connectivity index is 2.00. The molecule has 0 fully saturated rings. The summed E-state index contributed by atoms with van der Waals surface area (Å²) in [6.07, 6.45) is 8.19. The third kappa shape index (κ3) is 6.84. The van der Waals surface area contributed by atoms with Crippen molar-refractivity contribution in [2.24, 2.45) is 5.92 Å². The Morgan fingerprint density at radius 3 is 2.45 bits per heavy atom. The minimum Gasteiger partial charge on any atom is -0.507 e. The summed E-state index contributed by atoms with van der Waals surface area (Å²) in [5.41, 5.74) is 0.212. The molecule has 1 aromatic carbocycles. The second-order valence-corrected chi connectivity index (χ2v) is 6.31. The van der Waals surface area contributed by atoms with Gasteiger partial charge in [0.2, 0.25) is 0 Å². The molecule has 0 heterocycles. The SMILES string of the molecule is COC(=O)COC(=O)C1=CCC(C=CC(=O)c2c(O)cccc2OCC(=O)OC)C=C1. The van der Waals surface area contributed by atoms with E-state index in [0.29, 0.717) is 12.0 Å². The van der Waals surface area contributed by atoms with Gasteiger partial charge in [0.15, 0.2) is 19.0 Å². The Labute approximate surface area is 178 Å². The summed E-state index contributed by atoms with van der Waals surface area (Å²) in [5.74, 6) is -2.86. The molecule has 0 saturated carbocycles. The molecule has 0 aliphatic heterocycles. The van der Waals surface area contributed by atoms with Gasteiger partial charge < -0.3 is 24.1 Å². The van der Waals surface area contributed by atoms with Gasteiger partial charge in [-0.2, -0.15) is 0 Å². The number of benzene rings is 1. The maximum atomic E-state index is 12.6. The van der Waals surface area contributed by atoms with Crippen LogP contribution in [0.3, 0.4) is 0 Å². The molecule has 1 aliphatic rings. The highest BCUT2D eigenvalue weighted by molar-refractivity contribution is 6.08. The van der Waals surface area contributed by atoms with E-state index in [1.807, 2.05) is 0 Å². The van der Waals surface area contributed by atoms with Gasteiger partial charge in [0.05, 0.1) is 19.8 Å². The van der Waals surface area contributed by atoms with Crippen molar-refractivity contribution in [3.63, 3.8) is 0 Å². The topological polar surface area (TPSA) is 125 Å². The summed E-state index contributed by atoms with van der Waals surface area (Å²) in [5, 5.41) is 10.1. The summed E-state index contributed by atoms with van der Waals surface area (Å²) >= 11 is 0. The number of phenolic OH excluding ortho intramolecular Hbond substituents is 1. The second kappa shape index (κ2) is 11.3. The van der Waals surface area contributed by atoms with E-state index in [1.165, 1.54) is 44.6 Å². The van der Waals surface area contributed by atoms with Gasteiger partial charge in [-0.05, 0) is 30.5 Å². The molecular weight excluding hydrogens is 408 g/mol. The Morgan fingerprint density at radius 2 is 1.81 bits per heavy atom. The summed E-state index contributed by atoms with van der Waals surface area (Å²) in [6, 6.07) is 4.28. The number of ketones is 1. The molecule has 0 saturated heterocycles. The van der Waals surface area contributed by atoms with Gasteiger partial charge >= 0.3 is 17.9 Å². The van der Waals surface area contributed by atoms with Crippen molar-refractivity contribution in [1.82, 2.24) is 0 Å². The number of carbonyl (C=O) groups is 4. The predicted molar refractivity (Wildman–Crippen MR) is 107 cm³/mol. The lowest BCUT2D eigenvalue weighted by molar-refractivity contribution is -0.154. The molecule has 2 rings (SSSR count). The lowest BCUT2D eigenvalue weighted by atomic mass is 9.95. The third-order valence-electron chi connectivity index (χ3n) is 4.24. The first-order valence-electron chi connectivity index (χ1n) is 9.22. The van der Waals surface area contributed by atoms with Crippen molar-refractivity contribution in [2.45, 2.75) is 6.42 Å². The molecule has 0 bridgehead atoms. The molecule has 0 aromatic heterocycles. The quantitative estimate of drug-likeness (QED) is 0.271. The van der Waals surface area contributed by atoms with E-state index in [9.17, 15) is 24.3 Å². The third-order valence-corrected chi connectivity index (χ3v) is 4.24. The molecule has 164 valence electrons. The molecule has 1 aromatic rings. The van der Waals surface area contributed by atoms with Crippen LogP contribution in [0.15, 0.2) is 54.2 Å². The van der Waals surface area contributed by atoms with Gasteiger partial charge in [-0.3, -0.25) is 4.79 Å². The monoisotopic (exact) mass is 430 g/mol. The summed E-state index contributed by atoms with van der Waals surface area (Å²) in [4.78, 5) is 46.8. The minimum atomic E-state index is -0.660. The van der Waals surface area contributed by atoms with Gasteiger partial charge in [0.1, 0.15) is 17.1 Å². The Kier molecular flexibility index (Phi) is 8.56. The maximum absolute atomic E-state index is 12.6. The van der Waals surface area contributed by atoms with Crippen molar-refractivity contribution in [3.05, 3.63) is 59.7 Å². The van der Waals surface area contributed by atoms with Gasteiger partial charge in [-0.15, -0.1) is 0 Å². The number of methoxy groups -OCH3 is 2. The van der Waals surface area contributed by atoms with Crippen LogP contribution in [0.2, 0.25) is 0 Å². The van der Waals surface area contributed by atoms with Crippen LogP contribution in [0.25, 0.3) is 0 Å². The van der Waals surface area contributed by atoms with Crippen LogP contribution >= 0.6 is 0 Å². The molecule has 9 nitrogen and oxygen atoms in total. The molecule has 0 spiro atoms. The molecule has 1 atom stereocenters. The fraction of sp³-hybridized carbons (Fsp3) is 0.273. The van der Waals surface area contributed by atoms with E-state index in [4.69, 9.17) is 9.47 Å². The van der Waals surface area contributed by atoms with Crippen LogP contribution < -0.4 is 4.74 Å². The number of aromatic hydroxyl groups is 1. The molecular formula is C22H22O9. The van der Waals surface area contributed by atoms with E-state index in [2.05, 4.69) is 9.47 Å². The smallest absolute Gasteiger partial charge is 0.344 e. The molecule has 1 N–H and O–H groups in total. The number of rotatable bonds is 9. The van der Waals surface area contributed by atoms with E-state index >= 15 is 0 Å². The number of hydrogen-bond acceptors (Lipinski definition) is 9. The predicted octanol–water partition coefficient (Wildman–Crippen LogP) is 1.90. The van der Waals surface area contributed by atoms with Crippen LogP contribution in [0.4, 0.5) is 0 Å². The van der Waals surface area contributed by atoms with Crippen LogP contribution in [-0.4, -0.2) is 56.2 Å². The summed E-state index contributed by atoms with van der Waals surface area (Å²) < 4.78 is 19.0. The second-order valence-electron chi connectivity index (χ2n) is 6.31. The fourth-order valence-corrected chi connectivity index (χ4v) is 2.58. The van der Waals surface area contributed by atoms with Crippen LogP contribution in [-0.2, 0) is 28.6 Å². The minimum absolute atomic E-state index is 0.0507. The Hall–Kier alpha value is -3.88. The number of esters is 3. The van der Waals surface area contributed by atoms with Gasteiger partial charge in [-0.1, -0.05) is 30.4 Å². The standard InChI is InChI=1S/C22H22O9/c1-28-19(25)12-30-18-5-3-4-16(23)21(18)17(24)11-8-14-6-9-15(10-7-14)22(27)31-13-20(26)29-2/h3-6,8-11,14,23H,7,12-13H2,1-2H3. The zero-order valence-corrected chi connectivity index (χ0v) is 17.0. The zero-order chi connectivity index (χ0) is 22.8. The van der Waals surface area contributed by atoms with Crippen molar-refractivity contribution in [1.29, 1.82) is 0 Å². The Morgan fingerprint density at radius 1 is 1.10 bits per heavy atom. The van der Waals surface area contributed by atoms with Gasteiger partial charge in [-0.25, -0.2) is 14.4 Å². The first kappa shape index (κ1) is 23.4. The number of allylic oxidation sites excluding steroid dienone is 4. The number of ether oxygens (including phenoxy) is 4. The van der Waals surface area contributed by atoms with Crippen molar-refractivity contribution in [3.8, 4) is 11.5 Å². The van der Waals surface area contributed by atoms with E-state index < -0.39 is 36.9 Å². The molecule has 0 amide bonds. The highest BCUT2D eigenvalue weighted by Gasteiger charge is 2.18. The maximum Gasteiger partial charge on any atom is 0.344 e. The number of carbonyl (C=O) groups excluding carboxylic acids is 4. The number of hydrogen-bond donors (Lipinski definition) is 1. The highest BCUT2D eigenvalue weighted by atomic mass is 16.6. The zero-order valence-electron chi connectivity index (χ0n) is 17.0. The van der Waals surface area contributed by atoms with Crippen molar-refractivity contribution >= 4 is 23.7 Å². The molecule has 0 radical (unpaired) electrons. The molecule has 31 heavy (non-hydrogen) atoms. The average Bonchev–Trinajstić information content (AvgIpc) is 2.79. The molecule has 1 unspecified atom stereocenters. The molecule has 9 heteroatoms. The first-order chi connectivity index (χ1) is 14.8. The van der Waals surface area contributed by atoms with E-state index in [1.54, 1.807) is 18.2 Å². The number of phenols is 1. The normalized spacial score (nSPS) is 15.2. The fourth-order valence-electron chi connectivity index (χ4n) is 2.58. The van der Waals surface area contributed by atoms with Crippen molar-refractivity contribution in [2.75, 3.05) is 27.4 Å². The first-order valence-corrected chi connectivity index (χ1v) is 9.22. The largest absolute Gasteiger partial charge is 0.507 e. The van der Waals surface area contributed by atoms with Crippen molar-refractivity contribution < 1.29 is 43.2 Å². The lowest BCUT2D eigenvalue weighted by Gasteiger charge is -2.13. The summed E-state index contributed by atoms with van der Waals surface area (Å²) in [6.45, 7) is -0.881. The van der Waals surface area contributed by atoms with Gasteiger partial charge in [0, 0.05) is 0 Å². The Bertz CT molecular complexity index is 940. The average molecular weight is 430 g/mol. The summed E-state index contributed by atoms with van der Waals surface area (Å²) in [7, 11) is 2.40. The van der Waals surface area contributed by atoms with E-state index in [0.717, 1.165) is 0 Å². The molecule has 1 aliphatic carbocycles. The van der Waals surface area contributed by atoms with Crippen LogP contribution in [0.1, 0.15) is 16.8 Å². The van der Waals surface area contributed by atoms with Crippen LogP contribution in [0.5, 0.6) is 11.5 Å². The van der Waals surface area contributed by atoms with Crippen LogP contribution in [0, 0.1) is 5.92 Å². The highest BCUT2D eigenvalue weighted by Crippen LogP contribution is 2.29. The van der Waals surface area contributed by atoms with E-state index in [-0.39, 0.29) is 23.0 Å². The lowest BCUT2D eigenvalue weighted by Crippen LogP contribution is -2.16. The van der Waals surface area contributed by atoms with Gasteiger partial charge in [0.25, 0.3) is 0 Å².